The Bertz CT molecular complexity index is 1150. The van der Waals surface area contributed by atoms with Gasteiger partial charge >= 0.3 is 5.97 Å². The monoisotopic (exact) mass is 998 g/mol. The predicted molar refractivity (Wildman–Crippen MR) is 310 cm³/mol. The van der Waals surface area contributed by atoms with E-state index in [1.807, 2.05) is 0 Å². The van der Waals surface area contributed by atoms with Gasteiger partial charge in [-0.15, -0.1) is 0 Å². The third-order valence-corrected chi connectivity index (χ3v) is 14.7. The Balaban J connectivity index is 3.47. The van der Waals surface area contributed by atoms with Crippen LogP contribution in [-0.2, 0) is 14.3 Å². The first-order chi connectivity index (χ1) is 35.0. The summed E-state index contributed by atoms with van der Waals surface area (Å²) in [6.45, 7) is 4.93. The molecule has 1 amide bonds. The highest BCUT2D eigenvalue weighted by Crippen LogP contribution is 2.18. The molecule has 0 bridgehead atoms. The Labute approximate surface area is 443 Å². The first kappa shape index (κ1) is 69.1. The molecule has 0 rings (SSSR count). The van der Waals surface area contributed by atoms with Crippen molar-refractivity contribution < 1.29 is 24.5 Å². The van der Waals surface area contributed by atoms with Crippen LogP contribution in [0.25, 0.3) is 0 Å². The molecule has 6 heteroatoms. The molecule has 71 heavy (non-hydrogen) atoms. The number of esters is 1. The summed E-state index contributed by atoms with van der Waals surface area (Å²) < 4.78 is 5.46. The summed E-state index contributed by atoms with van der Waals surface area (Å²) in [7, 11) is 0. The molecule has 0 saturated carbocycles. The van der Waals surface area contributed by atoms with Gasteiger partial charge in [0, 0.05) is 12.8 Å². The lowest BCUT2D eigenvalue weighted by Crippen LogP contribution is -2.45. The molecule has 0 saturated heterocycles. The van der Waals surface area contributed by atoms with E-state index in [9.17, 15) is 19.8 Å². The summed E-state index contributed by atoms with van der Waals surface area (Å²) >= 11 is 0. The van der Waals surface area contributed by atoms with E-state index < -0.39 is 12.1 Å². The fourth-order valence-corrected chi connectivity index (χ4v) is 9.80. The van der Waals surface area contributed by atoms with Crippen LogP contribution in [0.4, 0.5) is 0 Å². The van der Waals surface area contributed by atoms with Crippen LogP contribution in [0, 0.1) is 0 Å². The zero-order chi connectivity index (χ0) is 51.4. The molecule has 0 fully saturated rings. The zero-order valence-corrected chi connectivity index (χ0v) is 47.7. The molecule has 0 heterocycles. The van der Waals surface area contributed by atoms with Crippen molar-refractivity contribution in [3.8, 4) is 0 Å². The van der Waals surface area contributed by atoms with Gasteiger partial charge in [-0.2, -0.15) is 0 Å². The van der Waals surface area contributed by atoms with E-state index in [0.29, 0.717) is 25.9 Å². The van der Waals surface area contributed by atoms with Crippen molar-refractivity contribution in [1.82, 2.24) is 5.32 Å². The number of allylic oxidation sites excluding steroid dienone is 6. The Kier molecular flexibility index (Phi) is 59.0. The molecular weight excluding hydrogens is 875 g/mol. The van der Waals surface area contributed by atoms with Crippen molar-refractivity contribution in [3.05, 3.63) is 36.5 Å². The summed E-state index contributed by atoms with van der Waals surface area (Å²) in [6.07, 6.45) is 75.8. The number of nitrogens with one attached hydrogen (secondary N) is 1. The highest BCUT2D eigenvalue weighted by molar-refractivity contribution is 5.76. The number of aliphatic hydroxyl groups excluding tert-OH is 2. The van der Waals surface area contributed by atoms with Gasteiger partial charge < -0.3 is 20.3 Å². The van der Waals surface area contributed by atoms with Crippen molar-refractivity contribution >= 4 is 11.9 Å². The summed E-state index contributed by atoms with van der Waals surface area (Å²) in [5.74, 6) is -0.0629. The minimum absolute atomic E-state index is 0.0203. The molecule has 2 unspecified atom stereocenters. The maximum Gasteiger partial charge on any atom is 0.305 e. The average Bonchev–Trinajstić information content (AvgIpc) is 3.37. The van der Waals surface area contributed by atoms with Crippen LogP contribution >= 0.6 is 0 Å². The van der Waals surface area contributed by atoms with Crippen LogP contribution in [-0.4, -0.2) is 47.4 Å². The van der Waals surface area contributed by atoms with E-state index in [0.717, 1.165) is 70.6 Å². The van der Waals surface area contributed by atoms with Crippen molar-refractivity contribution in [1.29, 1.82) is 0 Å². The number of rotatable bonds is 59. The molecular formula is C65H123NO5. The van der Waals surface area contributed by atoms with Gasteiger partial charge in [0.2, 0.25) is 5.91 Å². The summed E-state index contributed by atoms with van der Waals surface area (Å²) in [4.78, 5) is 24.6. The van der Waals surface area contributed by atoms with E-state index in [2.05, 4.69) is 55.6 Å². The Morgan fingerprint density at radius 1 is 0.394 bits per heavy atom. The van der Waals surface area contributed by atoms with E-state index in [1.54, 1.807) is 0 Å². The van der Waals surface area contributed by atoms with E-state index in [-0.39, 0.29) is 18.5 Å². The van der Waals surface area contributed by atoms with Gasteiger partial charge in [0.05, 0.1) is 25.4 Å². The lowest BCUT2D eigenvalue weighted by molar-refractivity contribution is -0.143. The molecule has 0 aromatic rings. The van der Waals surface area contributed by atoms with Crippen molar-refractivity contribution in [2.75, 3.05) is 13.2 Å². The number of carbonyl (C=O) groups excluding carboxylic acids is 2. The van der Waals surface area contributed by atoms with E-state index >= 15 is 0 Å². The number of aliphatic hydroxyl groups is 2. The molecule has 0 aliphatic rings. The molecule has 0 aromatic heterocycles. The number of hydrogen-bond acceptors (Lipinski definition) is 5. The maximum absolute atomic E-state index is 12.5. The average molecular weight is 999 g/mol. The Morgan fingerprint density at radius 3 is 1.08 bits per heavy atom. The van der Waals surface area contributed by atoms with Crippen molar-refractivity contribution in [3.63, 3.8) is 0 Å². The predicted octanol–water partition coefficient (Wildman–Crippen LogP) is 20.0. The molecule has 3 N–H and O–H groups in total. The van der Waals surface area contributed by atoms with Crippen molar-refractivity contribution in [2.24, 2.45) is 0 Å². The summed E-state index contributed by atoms with van der Waals surface area (Å²) in [5.41, 5.74) is 0. The second kappa shape index (κ2) is 60.6. The molecule has 0 spiro atoms. The number of ether oxygens (including phenoxy) is 1. The topological polar surface area (TPSA) is 95.9 Å². The van der Waals surface area contributed by atoms with E-state index in [1.165, 1.54) is 238 Å². The van der Waals surface area contributed by atoms with Crippen LogP contribution < -0.4 is 5.32 Å². The fraction of sp³-hybridized carbons (Fsp3) is 0.877. The number of amides is 1. The third kappa shape index (κ3) is 57.2. The standard InChI is InChI=1S/C65H123NO5/c1-3-5-7-9-11-13-15-17-19-21-23-26-29-33-37-41-45-49-53-57-63(68)62(61-67)66-64(69)58-54-50-46-42-38-34-30-27-24-22-25-28-32-36-40-44-48-52-56-60-71-65(70)59-55-51-47-43-39-35-31-20-18-16-14-12-10-8-6-4-2/h20,28,31-32,36,40,62-63,67-68H,3-19,21-27,29-30,33-35,37-39,41-61H2,1-2H3,(H,66,69)/b31-20-,32-28-,40-36-. The van der Waals surface area contributed by atoms with Gasteiger partial charge in [-0.3, -0.25) is 9.59 Å². The molecule has 0 radical (unpaired) electrons. The molecule has 6 nitrogen and oxygen atoms in total. The zero-order valence-electron chi connectivity index (χ0n) is 47.7. The van der Waals surface area contributed by atoms with Gasteiger partial charge in [-0.05, 0) is 83.5 Å². The molecule has 2 atom stereocenters. The van der Waals surface area contributed by atoms with Gasteiger partial charge in [0.15, 0.2) is 0 Å². The third-order valence-electron chi connectivity index (χ3n) is 14.7. The van der Waals surface area contributed by atoms with Crippen LogP contribution in [0.3, 0.4) is 0 Å². The van der Waals surface area contributed by atoms with E-state index in [4.69, 9.17) is 4.74 Å². The lowest BCUT2D eigenvalue weighted by atomic mass is 10.0. The summed E-state index contributed by atoms with van der Waals surface area (Å²) in [5, 5.41) is 23.3. The maximum atomic E-state index is 12.5. The smallest absolute Gasteiger partial charge is 0.305 e. The first-order valence-electron chi connectivity index (χ1n) is 31.8. The number of unbranched alkanes of at least 4 members (excludes halogenated alkanes) is 43. The largest absolute Gasteiger partial charge is 0.466 e. The second-order valence-electron chi connectivity index (χ2n) is 21.8. The first-order valence-corrected chi connectivity index (χ1v) is 31.8. The number of hydrogen-bond donors (Lipinski definition) is 3. The van der Waals surface area contributed by atoms with Crippen LogP contribution in [0.2, 0.25) is 0 Å². The quantitative estimate of drug-likeness (QED) is 0.0244. The van der Waals surface area contributed by atoms with Crippen LogP contribution in [0.1, 0.15) is 341 Å². The second-order valence-corrected chi connectivity index (χ2v) is 21.8. The Morgan fingerprint density at radius 2 is 0.704 bits per heavy atom. The van der Waals surface area contributed by atoms with Crippen LogP contribution in [0.15, 0.2) is 36.5 Å². The minimum atomic E-state index is -0.672. The van der Waals surface area contributed by atoms with Crippen molar-refractivity contribution in [2.45, 2.75) is 353 Å². The highest BCUT2D eigenvalue weighted by atomic mass is 16.5. The summed E-state index contributed by atoms with van der Waals surface area (Å²) in [6, 6.07) is -0.550. The fourth-order valence-electron chi connectivity index (χ4n) is 9.80. The van der Waals surface area contributed by atoms with Crippen LogP contribution in [0.5, 0.6) is 0 Å². The molecule has 0 aromatic carbocycles. The SMILES string of the molecule is CCCCCCCCC/C=C\CCCCCCCC(=O)OCCCCC/C=C\C=C/CCCCCCCCCCCCC(=O)NC(CO)C(O)CCCCCCCCCCCCCCCCCCCCC. The van der Waals surface area contributed by atoms with Gasteiger partial charge in [0.1, 0.15) is 0 Å². The number of carbonyl (C=O) groups is 2. The van der Waals surface area contributed by atoms with Gasteiger partial charge in [0.25, 0.3) is 0 Å². The molecule has 0 aliphatic heterocycles. The lowest BCUT2D eigenvalue weighted by Gasteiger charge is -2.22. The molecule has 418 valence electrons. The van der Waals surface area contributed by atoms with Gasteiger partial charge in [-0.25, -0.2) is 0 Å². The molecule has 0 aliphatic carbocycles. The highest BCUT2D eigenvalue weighted by Gasteiger charge is 2.20. The van der Waals surface area contributed by atoms with Gasteiger partial charge in [-0.1, -0.05) is 281 Å². The minimum Gasteiger partial charge on any atom is -0.466 e. The Hall–Kier alpha value is -1.92. The normalized spacial score (nSPS) is 12.8.